The molecule has 0 spiro atoms. The highest BCUT2D eigenvalue weighted by molar-refractivity contribution is 5.93. The van der Waals surface area contributed by atoms with Crippen molar-refractivity contribution >= 4 is 11.8 Å². The van der Waals surface area contributed by atoms with E-state index in [1.165, 1.54) is 12.5 Å². The molecule has 0 atom stereocenters. The normalized spacial score (nSPS) is 14.9. The second kappa shape index (κ2) is 8.56. The number of piperidine rings is 1. The van der Waals surface area contributed by atoms with E-state index in [2.05, 4.69) is 5.32 Å². The van der Waals surface area contributed by atoms with Gasteiger partial charge in [-0.25, -0.2) is 0 Å². The predicted octanol–water partition coefficient (Wildman–Crippen LogP) is 2.64. The molecule has 0 radical (unpaired) electrons. The standard InChI is InChI=1S/C20H24N2O4/c1-15-2-4-18(5-3-15)26-14-19(23)21-12-16-6-9-22(10-7-16)20(24)17-8-11-25-13-17/h2-5,8,11,13,16H,6-7,9-10,12,14H2,1H3,(H,21,23). The Labute approximate surface area is 153 Å². The van der Waals surface area contributed by atoms with Gasteiger partial charge in [-0.15, -0.1) is 0 Å². The van der Waals surface area contributed by atoms with Crippen LogP contribution in [-0.2, 0) is 4.79 Å². The van der Waals surface area contributed by atoms with Crippen LogP contribution >= 0.6 is 0 Å². The maximum atomic E-state index is 12.3. The minimum absolute atomic E-state index is 0.00716. The van der Waals surface area contributed by atoms with E-state index in [1.54, 1.807) is 6.07 Å². The number of hydrogen-bond donors (Lipinski definition) is 1. The Hall–Kier alpha value is -2.76. The first-order valence-corrected chi connectivity index (χ1v) is 8.89. The van der Waals surface area contributed by atoms with E-state index in [0.29, 0.717) is 36.9 Å². The van der Waals surface area contributed by atoms with E-state index in [0.717, 1.165) is 18.4 Å². The summed E-state index contributed by atoms with van der Waals surface area (Å²) in [6.07, 6.45) is 4.74. The number of nitrogens with one attached hydrogen (secondary N) is 1. The first-order chi connectivity index (χ1) is 12.6. The molecule has 1 N–H and O–H groups in total. The molecule has 0 unspecified atom stereocenters. The second-order valence-electron chi connectivity index (χ2n) is 6.65. The Kier molecular flexibility index (Phi) is 5.94. The maximum Gasteiger partial charge on any atom is 0.257 e. The van der Waals surface area contributed by atoms with Crippen LogP contribution in [0.1, 0.15) is 28.8 Å². The van der Waals surface area contributed by atoms with Crippen LogP contribution in [0, 0.1) is 12.8 Å². The third-order valence-corrected chi connectivity index (χ3v) is 4.65. The number of ether oxygens (including phenoxy) is 1. The molecule has 6 heteroatoms. The van der Waals surface area contributed by atoms with E-state index in [1.807, 2.05) is 36.1 Å². The van der Waals surface area contributed by atoms with Crippen molar-refractivity contribution in [1.29, 1.82) is 0 Å². The average molecular weight is 356 g/mol. The van der Waals surface area contributed by atoms with Gasteiger partial charge in [0.2, 0.25) is 0 Å². The largest absolute Gasteiger partial charge is 0.484 e. The first-order valence-electron chi connectivity index (χ1n) is 8.89. The number of likely N-dealkylation sites (tertiary alicyclic amines) is 1. The second-order valence-corrected chi connectivity index (χ2v) is 6.65. The molecule has 26 heavy (non-hydrogen) atoms. The lowest BCUT2D eigenvalue weighted by Gasteiger charge is -2.31. The van der Waals surface area contributed by atoms with Crippen LogP contribution in [0.3, 0.4) is 0 Å². The van der Waals surface area contributed by atoms with Gasteiger partial charge >= 0.3 is 0 Å². The fourth-order valence-corrected chi connectivity index (χ4v) is 3.00. The number of nitrogens with zero attached hydrogens (tertiary/aromatic N) is 1. The minimum Gasteiger partial charge on any atom is -0.484 e. The topological polar surface area (TPSA) is 71.8 Å². The summed E-state index contributed by atoms with van der Waals surface area (Å²) in [7, 11) is 0. The Morgan fingerprint density at radius 1 is 1.19 bits per heavy atom. The number of benzene rings is 1. The number of carbonyl (C=O) groups excluding carboxylic acids is 2. The number of amides is 2. The molecule has 1 aromatic heterocycles. The van der Waals surface area contributed by atoms with E-state index >= 15 is 0 Å². The molecule has 0 aliphatic carbocycles. The molecule has 2 amide bonds. The summed E-state index contributed by atoms with van der Waals surface area (Å²) < 4.78 is 10.4. The van der Waals surface area contributed by atoms with Crippen LogP contribution in [0.4, 0.5) is 0 Å². The summed E-state index contributed by atoms with van der Waals surface area (Å²) >= 11 is 0. The monoisotopic (exact) mass is 356 g/mol. The van der Waals surface area contributed by atoms with Gasteiger partial charge in [-0.1, -0.05) is 17.7 Å². The number of carbonyl (C=O) groups is 2. The zero-order valence-corrected chi connectivity index (χ0v) is 14.9. The quantitative estimate of drug-likeness (QED) is 0.864. The van der Waals surface area contributed by atoms with Crippen molar-refractivity contribution in [3.8, 4) is 5.75 Å². The zero-order valence-electron chi connectivity index (χ0n) is 14.9. The smallest absolute Gasteiger partial charge is 0.257 e. The third-order valence-electron chi connectivity index (χ3n) is 4.65. The minimum atomic E-state index is -0.123. The van der Waals surface area contributed by atoms with Crippen molar-refractivity contribution in [3.05, 3.63) is 54.0 Å². The summed E-state index contributed by atoms with van der Waals surface area (Å²) in [5.74, 6) is 0.957. The van der Waals surface area contributed by atoms with E-state index in [4.69, 9.17) is 9.15 Å². The van der Waals surface area contributed by atoms with Crippen LogP contribution in [0.5, 0.6) is 5.75 Å². The molecular formula is C20H24N2O4. The number of hydrogen-bond acceptors (Lipinski definition) is 4. The molecule has 138 valence electrons. The highest BCUT2D eigenvalue weighted by atomic mass is 16.5. The summed E-state index contributed by atoms with van der Waals surface area (Å²) in [4.78, 5) is 26.0. The van der Waals surface area contributed by atoms with Crippen molar-refractivity contribution in [3.63, 3.8) is 0 Å². The molecule has 1 aliphatic rings. The van der Waals surface area contributed by atoms with Gasteiger partial charge in [0.05, 0.1) is 11.8 Å². The molecule has 0 saturated carbocycles. The maximum absolute atomic E-state index is 12.3. The molecule has 1 saturated heterocycles. The molecule has 1 aliphatic heterocycles. The Morgan fingerprint density at radius 2 is 1.92 bits per heavy atom. The molecule has 2 aromatic rings. The number of rotatable bonds is 6. The molecule has 1 aromatic carbocycles. The van der Waals surface area contributed by atoms with Crippen molar-refractivity contribution in [2.24, 2.45) is 5.92 Å². The summed E-state index contributed by atoms with van der Waals surface area (Å²) in [5.41, 5.74) is 1.74. The summed E-state index contributed by atoms with van der Waals surface area (Å²) in [6, 6.07) is 9.30. The lowest BCUT2D eigenvalue weighted by atomic mass is 9.96. The fourth-order valence-electron chi connectivity index (χ4n) is 3.00. The van der Waals surface area contributed by atoms with E-state index in [-0.39, 0.29) is 18.4 Å². The van der Waals surface area contributed by atoms with Gasteiger partial charge in [0.25, 0.3) is 11.8 Å². The Bertz CT molecular complexity index is 717. The van der Waals surface area contributed by atoms with Crippen LogP contribution in [0.2, 0.25) is 0 Å². The van der Waals surface area contributed by atoms with Gasteiger partial charge in [-0.2, -0.15) is 0 Å². The van der Waals surface area contributed by atoms with Crippen molar-refractivity contribution in [2.75, 3.05) is 26.2 Å². The lowest BCUT2D eigenvalue weighted by molar-refractivity contribution is -0.123. The SMILES string of the molecule is Cc1ccc(OCC(=O)NCC2CCN(C(=O)c3ccoc3)CC2)cc1. The Balaban J connectivity index is 1.35. The van der Waals surface area contributed by atoms with Gasteiger partial charge < -0.3 is 19.4 Å². The van der Waals surface area contributed by atoms with Gasteiger partial charge in [0, 0.05) is 19.6 Å². The number of furan rings is 1. The molecule has 3 rings (SSSR count). The lowest BCUT2D eigenvalue weighted by Crippen LogP contribution is -2.42. The molecule has 1 fully saturated rings. The predicted molar refractivity (Wildman–Crippen MR) is 97.0 cm³/mol. The van der Waals surface area contributed by atoms with Gasteiger partial charge in [-0.3, -0.25) is 9.59 Å². The van der Waals surface area contributed by atoms with Crippen molar-refractivity contribution < 1.29 is 18.7 Å². The first kappa shape index (κ1) is 18.0. The molecule has 2 heterocycles. The van der Waals surface area contributed by atoms with Crippen LogP contribution in [0.15, 0.2) is 47.3 Å². The van der Waals surface area contributed by atoms with Gasteiger partial charge in [0.1, 0.15) is 12.0 Å². The van der Waals surface area contributed by atoms with Crippen LogP contribution in [-0.4, -0.2) is 43.0 Å². The van der Waals surface area contributed by atoms with E-state index in [9.17, 15) is 9.59 Å². The highest BCUT2D eigenvalue weighted by Gasteiger charge is 2.24. The van der Waals surface area contributed by atoms with E-state index < -0.39 is 0 Å². The van der Waals surface area contributed by atoms with Crippen molar-refractivity contribution in [1.82, 2.24) is 10.2 Å². The van der Waals surface area contributed by atoms with Crippen LogP contribution in [0.25, 0.3) is 0 Å². The van der Waals surface area contributed by atoms with Crippen LogP contribution < -0.4 is 10.1 Å². The fraction of sp³-hybridized carbons (Fsp3) is 0.400. The highest BCUT2D eigenvalue weighted by Crippen LogP contribution is 2.18. The summed E-state index contributed by atoms with van der Waals surface area (Å²) in [6.45, 7) is 4.03. The molecule has 6 nitrogen and oxygen atoms in total. The Morgan fingerprint density at radius 3 is 2.58 bits per heavy atom. The average Bonchev–Trinajstić information content (AvgIpc) is 3.20. The molecule has 0 bridgehead atoms. The molecular weight excluding hydrogens is 332 g/mol. The zero-order chi connectivity index (χ0) is 18.4. The van der Waals surface area contributed by atoms with Gasteiger partial charge in [-0.05, 0) is 43.9 Å². The summed E-state index contributed by atoms with van der Waals surface area (Å²) in [5, 5.41) is 2.92. The van der Waals surface area contributed by atoms with Crippen molar-refractivity contribution in [2.45, 2.75) is 19.8 Å². The number of aryl methyl sites for hydroxylation is 1. The van der Waals surface area contributed by atoms with Gasteiger partial charge in [0.15, 0.2) is 6.61 Å². The third kappa shape index (κ3) is 4.88.